The van der Waals surface area contributed by atoms with Crippen LogP contribution in [0.25, 0.3) is 0 Å². The number of carbonyl (C=O) groups excluding carboxylic acids is 2. The maximum atomic E-state index is 12.4. The molecule has 0 aliphatic heterocycles. The average Bonchev–Trinajstić information content (AvgIpc) is 2.57. The highest BCUT2D eigenvalue weighted by Crippen LogP contribution is 2.47. The lowest BCUT2D eigenvalue weighted by molar-refractivity contribution is -0.384. The summed E-state index contributed by atoms with van der Waals surface area (Å²) in [6.07, 6.45) is 0.0651. The van der Waals surface area contributed by atoms with E-state index in [2.05, 4.69) is 5.32 Å². The second-order valence-electron chi connectivity index (χ2n) is 7.05. The molecule has 0 saturated heterocycles. The number of non-ortho nitro benzene ring substituents is 1. The molecule has 1 aromatic carbocycles. The molecule has 0 spiro atoms. The normalized spacial score (nSPS) is 25.2. The van der Waals surface area contributed by atoms with E-state index in [9.17, 15) is 24.8 Å². The molecule has 8 nitrogen and oxygen atoms in total. The summed E-state index contributed by atoms with van der Waals surface area (Å²) in [6.45, 7) is 4.32. The molecule has 0 radical (unpaired) electrons. The predicted molar refractivity (Wildman–Crippen MR) is 98.0 cm³/mol. The third kappa shape index (κ3) is 4.23. The van der Waals surface area contributed by atoms with Crippen LogP contribution < -0.4 is 5.32 Å². The van der Waals surface area contributed by atoms with Crippen molar-refractivity contribution in [1.29, 1.82) is 0 Å². The van der Waals surface area contributed by atoms with Gasteiger partial charge in [0.15, 0.2) is 5.78 Å². The van der Waals surface area contributed by atoms with Gasteiger partial charge in [0.2, 0.25) is 0 Å². The van der Waals surface area contributed by atoms with Gasteiger partial charge in [0.05, 0.1) is 23.0 Å². The molecule has 3 unspecified atom stereocenters. The second kappa shape index (κ2) is 7.98. The van der Waals surface area contributed by atoms with E-state index in [0.29, 0.717) is 16.8 Å². The first-order valence-electron chi connectivity index (χ1n) is 8.66. The van der Waals surface area contributed by atoms with Gasteiger partial charge in [0.25, 0.3) is 5.69 Å². The van der Waals surface area contributed by atoms with Crippen LogP contribution in [-0.4, -0.2) is 45.5 Å². The molecule has 1 aliphatic carbocycles. The number of nitro benzene ring substituents is 1. The monoisotopic (exact) mass is 376 g/mol. The third-order valence-corrected chi connectivity index (χ3v) is 4.90. The highest BCUT2D eigenvalue weighted by molar-refractivity contribution is 5.98. The number of aliphatic hydroxyl groups is 2. The smallest absolute Gasteiger partial charge is 0.269 e. The Labute approximate surface area is 157 Å². The van der Waals surface area contributed by atoms with Crippen LogP contribution in [-0.2, 0) is 9.59 Å². The molecule has 2 rings (SSSR count). The van der Waals surface area contributed by atoms with Crippen LogP contribution in [0, 0.1) is 16.0 Å². The lowest BCUT2D eigenvalue weighted by Gasteiger charge is -2.43. The van der Waals surface area contributed by atoms with Crippen LogP contribution in [0.15, 0.2) is 35.5 Å². The number of hydrogen-bond donors (Lipinski definition) is 3. The minimum atomic E-state index is -1.42. The van der Waals surface area contributed by atoms with Gasteiger partial charge in [-0.2, -0.15) is 0 Å². The number of benzene rings is 1. The van der Waals surface area contributed by atoms with Crippen LogP contribution in [0.3, 0.4) is 0 Å². The van der Waals surface area contributed by atoms with Crippen LogP contribution in [0.2, 0.25) is 0 Å². The van der Waals surface area contributed by atoms with E-state index in [4.69, 9.17) is 5.11 Å². The summed E-state index contributed by atoms with van der Waals surface area (Å²) >= 11 is 0. The van der Waals surface area contributed by atoms with Crippen LogP contribution >= 0.6 is 0 Å². The summed E-state index contributed by atoms with van der Waals surface area (Å²) in [6, 6.07) is 5.64. The Hall–Kier alpha value is -2.58. The Kier molecular flexibility index (Phi) is 6.12. The molecule has 0 fully saturated rings. The lowest BCUT2D eigenvalue weighted by atomic mass is 9.64. The molecular weight excluding hydrogens is 352 g/mol. The van der Waals surface area contributed by atoms with Gasteiger partial charge in [-0.3, -0.25) is 19.7 Å². The van der Waals surface area contributed by atoms with Crippen LogP contribution in [0.5, 0.6) is 0 Å². The van der Waals surface area contributed by atoms with Gasteiger partial charge in [0.1, 0.15) is 5.78 Å². The maximum absolute atomic E-state index is 12.4. The molecule has 146 valence electrons. The number of carbonyl (C=O) groups is 2. The molecule has 8 heteroatoms. The molecule has 0 bridgehead atoms. The standard InChI is InChI=1S/C19H24N2O6/c1-11(23)16-15(20-8-9-22)10-19(3,25)18(12(2)24)17(16)13-4-6-14(7-5-13)21(26)27/h4-7,17-18,20,22,25H,8-10H2,1-3H3. The highest BCUT2D eigenvalue weighted by Gasteiger charge is 2.49. The quantitative estimate of drug-likeness (QED) is 0.485. The molecule has 0 heterocycles. The van der Waals surface area contributed by atoms with E-state index < -0.39 is 22.4 Å². The van der Waals surface area contributed by atoms with Crippen molar-refractivity contribution in [2.24, 2.45) is 5.92 Å². The van der Waals surface area contributed by atoms with Crippen molar-refractivity contribution in [2.75, 3.05) is 13.2 Å². The molecule has 27 heavy (non-hydrogen) atoms. The van der Waals surface area contributed by atoms with Gasteiger partial charge in [-0.05, 0) is 26.3 Å². The summed E-state index contributed by atoms with van der Waals surface area (Å²) in [4.78, 5) is 35.2. The Bertz CT molecular complexity index is 782. The zero-order valence-electron chi connectivity index (χ0n) is 15.6. The molecular formula is C19H24N2O6. The van der Waals surface area contributed by atoms with Gasteiger partial charge in [-0.25, -0.2) is 0 Å². The fraction of sp³-hybridized carbons (Fsp3) is 0.474. The fourth-order valence-corrected chi connectivity index (χ4v) is 3.91. The Morgan fingerprint density at radius 2 is 1.89 bits per heavy atom. The van der Waals surface area contributed by atoms with Crippen molar-refractivity contribution >= 4 is 17.3 Å². The molecule has 3 N–H and O–H groups in total. The number of allylic oxidation sites excluding steroid dienone is 1. The van der Waals surface area contributed by atoms with E-state index in [1.807, 2.05) is 0 Å². The van der Waals surface area contributed by atoms with E-state index >= 15 is 0 Å². The average molecular weight is 376 g/mol. The van der Waals surface area contributed by atoms with Crippen LogP contribution in [0.4, 0.5) is 5.69 Å². The van der Waals surface area contributed by atoms with Crippen molar-refractivity contribution < 1.29 is 24.7 Å². The van der Waals surface area contributed by atoms with E-state index in [0.717, 1.165) is 0 Å². The minimum Gasteiger partial charge on any atom is -0.395 e. The van der Waals surface area contributed by atoms with Gasteiger partial charge in [-0.15, -0.1) is 0 Å². The van der Waals surface area contributed by atoms with E-state index in [1.165, 1.54) is 45.0 Å². The number of hydrogen-bond acceptors (Lipinski definition) is 7. The first-order valence-corrected chi connectivity index (χ1v) is 8.66. The van der Waals surface area contributed by atoms with Gasteiger partial charge in [0, 0.05) is 42.3 Å². The maximum Gasteiger partial charge on any atom is 0.269 e. The molecule has 1 aliphatic rings. The SMILES string of the molecule is CC(=O)C1=C(NCCO)CC(C)(O)C(C(C)=O)C1c1ccc([N+](=O)[O-])cc1. The third-order valence-electron chi connectivity index (χ3n) is 4.90. The minimum absolute atomic E-state index is 0.0651. The number of nitrogens with zero attached hydrogens (tertiary/aromatic N) is 1. The summed E-state index contributed by atoms with van der Waals surface area (Å²) in [5.41, 5.74) is -0.164. The molecule has 1 aromatic rings. The van der Waals surface area contributed by atoms with Crippen LogP contribution in [0.1, 0.15) is 38.7 Å². The zero-order chi connectivity index (χ0) is 20.4. The lowest BCUT2D eigenvalue weighted by Crippen LogP contribution is -2.49. The summed E-state index contributed by atoms with van der Waals surface area (Å²) in [5, 5.41) is 34.0. The Balaban J connectivity index is 2.68. The first kappa shape index (κ1) is 20.7. The molecule has 3 atom stereocenters. The topological polar surface area (TPSA) is 130 Å². The number of aliphatic hydroxyl groups excluding tert-OH is 1. The number of ketones is 2. The van der Waals surface area contributed by atoms with Crippen molar-refractivity contribution in [2.45, 2.75) is 38.7 Å². The molecule has 0 aromatic heterocycles. The van der Waals surface area contributed by atoms with E-state index in [1.54, 1.807) is 0 Å². The first-order chi connectivity index (χ1) is 12.6. The van der Waals surface area contributed by atoms with Crippen molar-refractivity contribution in [3.63, 3.8) is 0 Å². The summed E-state index contributed by atoms with van der Waals surface area (Å²) in [7, 11) is 0. The van der Waals surface area contributed by atoms with Gasteiger partial charge >= 0.3 is 0 Å². The van der Waals surface area contributed by atoms with Crippen molar-refractivity contribution in [3.05, 3.63) is 51.2 Å². The van der Waals surface area contributed by atoms with Gasteiger partial charge < -0.3 is 15.5 Å². The largest absolute Gasteiger partial charge is 0.395 e. The number of nitro groups is 1. The molecule has 0 saturated carbocycles. The fourth-order valence-electron chi connectivity index (χ4n) is 3.91. The molecule has 0 amide bonds. The van der Waals surface area contributed by atoms with Crippen molar-refractivity contribution in [1.82, 2.24) is 5.32 Å². The number of Topliss-reactive ketones (excluding diaryl/α,β-unsaturated/α-hetero) is 2. The van der Waals surface area contributed by atoms with Gasteiger partial charge in [-0.1, -0.05) is 12.1 Å². The predicted octanol–water partition coefficient (Wildman–Crippen LogP) is 1.46. The second-order valence-corrected chi connectivity index (χ2v) is 7.05. The Morgan fingerprint density at radius 3 is 2.33 bits per heavy atom. The zero-order valence-corrected chi connectivity index (χ0v) is 15.6. The highest BCUT2D eigenvalue weighted by atomic mass is 16.6. The summed E-state index contributed by atoms with van der Waals surface area (Å²) < 4.78 is 0. The number of nitrogens with one attached hydrogen (secondary N) is 1. The Morgan fingerprint density at radius 1 is 1.30 bits per heavy atom. The van der Waals surface area contributed by atoms with Crippen molar-refractivity contribution in [3.8, 4) is 0 Å². The summed E-state index contributed by atoms with van der Waals surface area (Å²) in [5.74, 6) is -2.16. The number of rotatable bonds is 7. The van der Waals surface area contributed by atoms with E-state index in [-0.39, 0.29) is 36.8 Å².